The Morgan fingerprint density at radius 3 is 2.84 bits per heavy atom. The van der Waals surface area contributed by atoms with E-state index < -0.39 is 0 Å². The van der Waals surface area contributed by atoms with Gasteiger partial charge in [-0.05, 0) is 42.4 Å². The molecule has 1 heterocycles. The molecule has 0 radical (unpaired) electrons. The van der Waals surface area contributed by atoms with Gasteiger partial charge in [-0.3, -0.25) is 4.98 Å². The summed E-state index contributed by atoms with van der Waals surface area (Å²) in [5, 5.41) is 1.77. The van der Waals surface area contributed by atoms with Crippen molar-refractivity contribution < 1.29 is 4.74 Å². The van der Waals surface area contributed by atoms with Crippen LogP contribution in [0.25, 0.3) is 10.9 Å². The van der Waals surface area contributed by atoms with Crippen LogP contribution >= 0.6 is 11.6 Å². The lowest BCUT2D eigenvalue weighted by Crippen LogP contribution is -2.23. The fourth-order valence-corrected chi connectivity index (χ4v) is 3.27. The van der Waals surface area contributed by atoms with Crippen LogP contribution in [0, 0.1) is 5.41 Å². The Morgan fingerprint density at radius 2 is 2.11 bits per heavy atom. The van der Waals surface area contributed by atoms with Gasteiger partial charge in [0.2, 0.25) is 0 Å². The lowest BCUT2D eigenvalue weighted by atomic mass is 9.75. The van der Waals surface area contributed by atoms with Gasteiger partial charge in [0.1, 0.15) is 5.75 Å². The quantitative estimate of drug-likeness (QED) is 0.769. The summed E-state index contributed by atoms with van der Waals surface area (Å²) in [6, 6.07) is 5.91. The lowest BCUT2D eigenvalue weighted by Gasteiger charge is -2.31. The number of halogens is 1. The van der Waals surface area contributed by atoms with E-state index in [1.165, 1.54) is 12.0 Å². The van der Waals surface area contributed by atoms with Gasteiger partial charge in [-0.15, -0.1) is 0 Å². The maximum Gasteiger partial charge on any atom is 0.129 e. The van der Waals surface area contributed by atoms with Crippen molar-refractivity contribution >= 4 is 22.5 Å². The van der Waals surface area contributed by atoms with Crippen molar-refractivity contribution in [3.05, 3.63) is 34.5 Å². The standard InChI is InChI=1S/C16H18ClNO/c1-16(2)8-7-11-10(9-16)15(17)14-12(18-11)5-4-6-13(14)19-3/h4-6H,7-9H2,1-3H3. The molecule has 2 nitrogen and oxygen atoms in total. The zero-order valence-electron chi connectivity index (χ0n) is 11.6. The van der Waals surface area contributed by atoms with Crippen LogP contribution in [0.3, 0.4) is 0 Å². The highest BCUT2D eigenvalue weighted by atomic mass is 35.5. The van der Waals surface area contributed by atoms with Gasteiger partial charge in [0.05, 0.1) is 23.0 Å². The molecule has 3 rings (SSSR count). The van der Waals surface area contributed by atoms with E-state index in [1.807, 2.05) is 18.2 Å². The Kier molecular flexibility index (Phi) is 2.94. The second kappa shape index (κ2) is 4.38. The van der Waals surface area contributed by atoms with Gasteiger partial charge >= 0.3 is 0 Å². The Morgan fingerprint density at radius 1 is 1.32 bits per heavy atom. The highest BCUT2D eigenvalue weighted by Crippen LogP contribution is 2.42. The van der Waals surface area contributed by atoms with Crippen LogP contribution < -0.4 is 4.74 Å². The summed E-state index contributed by atoms with van der Waals surface area (Å²) >= 11 is 6.65. The number of nitrogens with zero attached hydrogens (tertiary/aromatic N) is 1. The van der Waals surface area contributed by atoms with E-state index in [1.54, 1.807) is 7.11 Å². The summed E-state index contributed by atoms with van der Waals surface area (Å²) in [6.45, 7) is 4.58. The molecule has 0 spiro atoms. The fourth-order valence-electron chi connectivity index (χ4n) is 2.90. The van der Waals surface area contributed by atoms with Crippen LogP contribution in [0.4, 0.5) is 0 Å². The number of aryl methyl sites for hydroxylation is 1. The predicted molar refractivity (Wildman–Crippen MR) is 79.1 cm³/mol. The summed E-state index contributed by atoms with van der Waals surface area (Å²) in [4.78, 5) is 4.79. The number of ether oxygens (including phenoxy) is 1. The Balaban J connectivity index is 2.29. The molecular formula is C16H18ClNO. The summed E-state index contributed by atoms with van der Waals surface area (Å²) in [5.41, 5.74) is 3.59. The second-order valence-corrected chi connectivity index (χ2v) is 6.42. The van der Waals surface area contributed by atoms with Crippen molar-refractivity contribution in [2.75, 3.05) is 7.11 Å². The number of pyridine rings is 1. The van der Waals surface area contributed by atoms with E-state index in [-0.39, 0.29) is 0 Å². The lowest BCUT2D eigenvalue weighted by molar-refractivity contribution is 0.313. The highest BCUT2D eigenvalue weighted by molar-refractivity contribution is 6.36. The van der Waals surface area contributed by atoms with Gasteiger partial charge in [0.25, 0.3) is 0 Å². The SMILES string of the molecule is COc1cccc2nc3c(c(Cl)c12)CC(C)(C)CC3. The minimum atomic E-state index is 0.300. The van der Waals surface area contributed by atoms with Gasteiger partial charge in [0.15, 0.2) is 0 Å². The van der Waals surface area contributed by atoms with Crippen molar-refractivity contribution in [1.82, 2.24) is 4.98 Å². The largest absolute Gasteiger partial charge is 0.496 e. The van der Waals surface area contributed by atoms with Crippen LogP contribution in [0.15, 0.2) is 18.2 Å². The van der Waals surface area contributed by atoms with Gasteiger partial charge in [-0.1, -0.05) is 31.5 Å². The first-order valence-electron chi connectivity index (χ1n) is 6.66. The number of rotatable bonds is 1. The predicted octanol–water partition coefficient (Wildman–Crippen LogP) is 4.41. The van der Waals surface area contributed by atoms with Gasteiger partial charge in [-0.2, -0.15) is 0 Å². The maximum atomic E-state index is 6.65. The number of benzene rings is 1. The van der Waals surface area contributed by atoms with E-state index in [4.69, 9.17) is 21.3 Å². The molecule has 19 heavy (non-hydrogen) atoms. The maximum absolute atomic E-state index is 6.65. The van der Waals surface area contributed by atoms with Gasteiger partial charge < -0.3 is 4.74 Å². The molecule has 3 heteroatoms. The molecule has 1 aromatic heterocycles. The molecule has 2 aromatic rings. The van der Waals surface area contributed by atoms with E-state index in [0.717, 1.165) is 40.2 Å². The zero-order valence-corrected chi connectivity index (χ0v) is 12.3. The second-order valence-electron chi connectivity index (χ2n) is 6.05. The molecule has 1 aliphatic rings. The molecule has 1 aromatic carbocycles. The molecule has 100 valence electrons. The zero-order chi connectivity index (χ0) is 13.6. The van der Waals surface area contributed by atoms with E-state index in [0.29, 0.717) is 5.41 Å². The molecule has 0 unspecified atom stereocenters. The third-order valence-electron chi connectivity index (χ3n) is 4.01. The van der Waals surface area contributed by atoms with E-state index in [2.05, 4.69) is 13.8 Å². The van der Waals surface area contributed by atoms with E-state index in [9.17, 15) is 0 Å². The minimum Gasteiger partial charge on any atom is -0.496 e. The third kappa shape index (κ3) is 2.08. The van der Waals surface area contributed by atoms with Crippen LogP contribution in [-0.4, -0.2) is 12.1 Å². The Labute approximate surface area is 118 Å². The molecule has 0 atom stereocenters. The molecule has 0 aliphatic heterocycles. The monoisotopic (exact) mass is 275 g/mol. The molecule has 1 aliphatic carbocycles. The van der Waals surface area contributed by atoms with Crippen molar-refractivity contribution in [1.29, 1.82) is 0 Å². The number of aromatic nitrogens is 1. The average Bonchev–Trinajstić information content (AvgIpc) is 2.39. The van der Waals surface area contributed by atoms with Crippen molar-refractivity contribution in [2.24, 2.45) is 5.41 Å². The average molecular weight is 276 g/mol. The number of hydrogen-bond donors (Lipinski definition) is 0. The Bertz CT molecular complexity index is 649. The Hall–Kier alpha value is -1.28. The molecule has 0 amide bonds. The smallest absolute Gasteiger partial charge is 0.129 e. The van der Waals surface area contributed by atoms with Crippen LogP contribution in [0.2, 0.25) is 5.02 Å². The number of methoxy groups -OCH3 is 1. The normalized spacial score (nSPS) is 17.3. The van der Waals surface area contributed by atoms with Crippen LogP contribution in [-0.2, 0) is 12.8 Å². The van der Waals surface area contributed by atoms with E-state index >= 15 is 0 Å². The highest BCUT2D eigenvalue weighted by Gasteiger charge is 2.29. The summed E-state index contributed by atoms with van der Waals surface area (Å²) in [5.74, 6) is 0.807. The molecule has 0 bridgehead atoms. The third-order valence-corrected chi connectivity index (χ3v) is 4.42. The molecule has 0 fully saturated rings. The summed E-state index contributed by atoms with van der Waals surface area (Å²) < 4.78 is 5.43. The van der Waals surface area contributed by atoms with Gasteiger partial charge in [0, 0.05) is 5.69 Å². The van der Waals surface area contributed by atoms with Crippen molar-refractivity contribution in [3.8, 4) is 5.75 Å². The summed E-state index contributed by atoms with van der Waals surface area (Å²) in [6.07, 6.45) is 3.16. The topological polar surface area (TPSA) is 22.1 Å². The number of hydrogen-bond acceptors (Lipinski definition) is 2. The first kappa shape index (κ1) is 12.7. The summed E-state index contributed by atoms with van der Waals surface area (Å²) in [7, 11) is 1.68. The molecular weight excluding hydrogens is 258 g/mol. The van der Waals surface area contributed by atoms with Crippen LogP contribution in [0.1, 0.15) is 31.5 Å². The van der Waals surface area contributed by atoms with Gasteiger partial charge in [-0.25, -0.2) is 0 Å². The molecule has 0 saturated carbocycles. The fraction of sp³-hybridized carbons (Fsp3) is 0.438. The molecule has 0 N–H and O–H groups in total. The van der Waals surface area contributed by atoms with Crippen molar-refractivity contribution in [2.45, 2.75) is 33.1 Å². The van der Waals surface area contributed by atoms with Crippen LogP contribution in [0.5, 0.6) is 5.75 Å². The first-order valence-corrected chi connectivity index (χ1v) is 7.03. The number of fused-ring (bicyclic) bond motifs is 2. The molecule has 0 saturated heterocycles. The van der Waals surface area contributed by atoms with Crippen molar-refractivity contribution in [3.63, 3.8) is 0 Å². The first-order chi connectivity index (χ1) is 9.02. The minimum absolute atomic E-state index is 0.300.